The summed E-state index contributed by atoms with van der Waals surface area (Å²) in [4.78, 5) is 32.6. The van der Waals surface area contributed by atoms with Crippen molar-refractivity contribution in [3.8, 4) is 11.5 Å². The molecule has 1 unspecified atom stereocenters. The van der Waals surface area contributed by atoms with Crippen LogP contribution in [0.4, 0.5) is 0 Å². The predicted molar refractivity (Wildman–Crippen MR) is 134 cm³/mol. The molecule has 1 saturated heterocycles. The van der Waals surface area contributed by atoms with Gasteiger partial charge in [0, 0.05) is 32.0 Å². The number of likely N-dealkylation sites (tertiary alicyclic amines) is 1. The van der Waals surface area contributed by atoms with Crippen molar-refractivity contribution in [3.63, 3.8) is 0 Å². The van der Waals surface area contributed by atoms with Gasteiger partial charge in [-0.15, -0.1) is 0 Å². The van der Waals surface area contributed by atoms with E-state index in [4.69, 9.17) is 9.57 Å². The zero-order valence-corrected chi connectivity index (χ0v) is 20.4. The average Bonchev–Trinajstić information content (AvgIpc) is 2.82. The van der Waals surface area contributed by atoms with Gasteiger partial charge in [0.15, 0.2) is 6.61 Å². The minimum absolute atomic E-state index is 0.00423. The van der Waals surface area contributed by atoms with Gasteiger partial charge in [0.1, 0.15) is 23.2 Å². The highest BCUT2D eigenvalue weighted by Crippen LogP contribution is 2.30. The van der Waals surface area contributed by atoms with E-state index in [1.54, 1.807) is 11.0 Å². The highest BCUT2D eigenvalue weighted by atomic mass is 16.6. The van der Waals surface area contributed by atoms with Crippen LogP contribution in [-0.2, 0) is 20.8 Å². The number of phenolic OH excluding ortho intramolecular Hbond substituents is 2. The van der Waals surface area contributed by atoms with Crippen LogP contribution in [0.1, 0.15) is 74.2 Å². The standard InChI is InChI=1S/C27H36N2O6/c1-2-11-23-13-8-5-3-4-7-12-21(28-34-19-25(32)29-14-9-6-10-15-29)16-20-17-22(30)18-24(31)26(20)27(33)35-23/h5,7-8,12,17-18,23,30-31H,2-4,6,9-11,13-16,19H2,1H3. The number of esters is 1. The fourth-order valence-electron chi connectivity index (χ4n) is 4.30. The Balaban J connectivity index is 1.84. The molecule has 0 saturated carbocycles. The van der Waals surface area contributed by atoms with E-state index in [2.05, 4.69) is 11.2 Å². The van der Waals surface area contributed by atoms with E-state index < -0.39 is 5.97 Å². The first-order chi connectivity index (χ1) is 17.0. The van der Waals surface area contributed by atoms with Crippen LogP contribution < -0.4 is 0 Å². The van der Waals surface area contributed by atoms with Gasteiger partial charge >= 0.3 is 5.97 Å². The number of phenols is 2. The molecule has 3 rings (SSSR count). The molecule has 8 nitrogen and oxygen atoms in total. The van der Waals surface area contributed by atoms with Gasteiger partial charge in [-0.2, -0.15) is 0 Å². The number of piperidine rings is 1. The Kier molecular flexibility index (Phi) is 10.2. The smallest absolute Gasteiger partial charge is 0.342 e. The molecule has 0 radical (unpaired) electrons. The van der Waals surface area contributed by atoms with E-state index in [-0.39, 0.29) is 42.1 Å². The molecule has 2 heterocycles. The number of fused-ring (bicyclic) bond motifs is 1. The highest BCUT2D eigenvalue weighted by Gasteiger charge is 2.23. The first-order valence-electron chi connectivity index (χ1n) is 12.5. The Bertz CT molecular complexity index is 963. The normalized spacial score (nSPS) is 20.7. The summed E-state index contributed by atoms with van der Waals surface area (Å²) in [6.45, 7) is 3.33. The number of nitrogens with zero attached hydrogens (tertiary/aromatic N) is 2. The number of carbonyl (C=O) groups is 2. The molecular formula is C27H36N2O6. The molecular weight excluding hydrogens is 448 g/mol. The largest absolute Gasteiger partial charge is 0.508 e. The van der Waals surface area contributed by atoms with E-state index in [1.165, 1.54) is 6.07 Å². The molecule has 1 fully saturated rings. The van der Waals surface area contributed by atoms with E-state index in [9.17, 15) is 19.8 Å². The molecule has 0 aromatic heterocycles. The lowest BCUT2D eigenvalue weighted by atomic mass is 9.99. The van der Waals surface area contributed by atoms with Crippen LogP contribution in [0, 0.1) is 0 Å². The zero-order chi connectivity index (χ0) is 25.0. The summed E-state index contributed by atoms with van der Waals surface area (Å²) in [5.74, 6) is -1.28. The molecule has 1 aromatic carbocycles. The van der Waals surface area contributed by atoms with Crippen LogP contribution in [0.15, 0.2) is 41.6 Å². The maximum Gasteiger partial charge on any atom is 0.342 e. The van der Waals surface area contributed by atoms with Gasteiger partial charge in [-0.25, -0.2) is 4.79 Å². The second-order valence-corrected chi connectivity index (χ2v) is 8.98. The molecule has 35 heavy (non-hydrogen) atoms. The van der Waals surface area contributed by atoms with E-state index in [0.29, 0.717) is 24.1 Å². The number of benzene rings is 1. The molecule has 2 aliphatic heterocycles. The molecule has 0 bridgehead atoms. The van der Waals surface area contributed by atoms with E-state index in [1.807, 2.05) is 19.1 Å². The third-order valence-electron chi connectivity index (χ3n) is 6.10. The van der Waals surface area contributed by atoms with Gasteiger partial charge in [0.25, 0.3) is 5.91 Å². The third-order valence-corrected chi connectivity index (χ3v) is 6.10. The SMILES string of the molecule is CCCC1CC=CCCC=CC(=NOCC(=O)N2CCCCC2)Cc2cc(O)cc(O)c2C(=O)O1. The van der Waals surface area contributed by atoms with Gasteiger partial charge in [0.2, 0.25) is 0 Å². The molecule has 190 valence electrons. The number of hydrogen-bond acceptors (Lipinski definition) is 7. The Morgan fingerprint density at radius 2 is 1.91 bits per heavy atom. The van der Waals surface area contributed by atoms with Crippen LogP contribution in [0.3, 0.4) is 0 Å². The van der Waals surface area contributed by atoms with Crippen molar-refractivity contribution < 1.29 is 29.4 Å². The lowest BCUT2D eigenvalue weighted by Gasteiger charge is -2.26. The molecule has 0 aliphatic carbocycles. The van der Waals surface area contributed by atoms with Crippen molar-refractivity contribution in [2.75, 3.05) is 19.7 Å². The number of aromatic hydroxyl groups is 2. The summed E-state index contributed by atoms with van der Waals surface area (Å²) in [6, 6.07) is 2.54. The van der Waals surface area contributed by atoms with Crippen molar-refractivity contribution in [2.24, 2.45) is 5.16 Å². The summed E-state index contributed by atoms with van der Waals surface area (Å²) in [6.07, 6.45) is 14.5. The van der Waals surface area contributed by atoms with E-state index in [0.717, 1.165) is 57.7 Å². The van der Waals surface area contributed by atoms with Crippen LogP contribution in [-0.4, -0.2) is 58.5 Å². The quantitative estimate of drug-likeness (QED) is 0.358. The van der Waals surface area contributed by atoms with Gasteiger partial charge in [0.05, 0.1) is 5.71 Å². The molecule has 2 N–H and O–H groups in total. The second kappa shape index (κ2) is 13.6. The number of amides is 1. The summed E-state index contributed by atoms with van der Waals surface area (Å²) in [5.41, 5.74) is 0.821. The highest BCUT2D eigenvalue weighted by molar-refractivity contribution is 6.00. The van der Waals surface area contributed by atoms with Gasteiger partial charge in [-0.05, 0) is 56.2 Å². The van der Waals surface area contributed by atoms with Crippen molar-refractivity contribution >= 4 is 17.6 Å². The zero-order valence-electron chi connectivity index (χ0n) is 20.4. The van der Waals surface area contributed by atoms with Crippen LogP contribution >= 0.6 is 0 Å². The van der Waals surface area contributed by atoms with Crippen molar-refractivity contribution in [1.29, 1.82) is 0 Å². The molecule has 1 aromatic rings. The van der Waals surface area contributed by atoms with Crippen molar-refractivity contribution in [1.82, 2.24) is 4.90 Å². The average molecular weight is 485 g/mol. The summed E-state index contributed by atoms with van der Waals surface area (Å²) in [7, 11) is 0. The topological polar surface area (TPSA) is 109 Å². The number of rotatable bonds is 5. The molecule has 8 heteroatoms. The maximum atomic E-state index is 13.1. The molecule has 0 spiro atoms. The lowest BCUT2D eigenvalue weighted by molar-refractivity contribution is -0.137. The summed E-state index contributed by atoms with van der Waals surface area (Å²) >= 11 is 0. The molecule has 1 amide bonds. The number of oxime groups is 1. The van der Waals surface area contributed by atoms with Gasteiger partial charge < -0.3 is 24.7 Å². The maximum absolute atomic E-state index is 13.1. The van der Waals surface area contributed by atoms with Crippen molar-refractivity contribution in [3.05, 3.63) is 47.6 Å². The van der Waals surface area contributed by atoms with Crippen LogP contribution in [0.5, 0.6) is 11.5 Å². The summed E-state index contributed by atoms with van der Waals surface area (Å²) in [5, 5.41) is 24.7. The first kappa shape index (κ1) is 26.3. The predicted octanol–water partition coefficient (Wildman–Crippen LogP) is 4.65. The molecule has 2 aliphatic rings. The van der Waals surface area contributed by atoms with Gasteiger partial charge in [-0.3, -0.25) is 4.79 Å². The van der Waals surface area contributed by atoms with Gasteiger partial charge in [-0.1, -0.05) is 36.7 Å². The Hall–Kier alpha value is -3.29. The van der Waals surface area contributed by atoms with Crippen molar-refractivity contribution in [2.45, 2.75) is 70.8 Å². The summed E-state index contributed by atoms with van der Waals surface area (Å²) < 4.78 is 5.73. The fourth-order valence-corrected chi connectivity index (χ4v) is 4.30. The van der Waals surface area contributed by atoms with Crippen LogP contribution in [0.25, 0.3) is 0 Å². The fraction of sp³-hybridized carbons (Fsp3) is 0.519. The number of ether oxygens (including phenoxy) is 1. The number of hydrogen-bond donors (Lipinski definition) is 2. The number of carbonyl (C=O) groups excluding carboxylic acids is 2. The second-order valence-electron chi connectivity index (χ2n) is 8.98. The van der Waals surface area contributed by atoms with E-state index >= 15 is 0 Å². The third kappa shape index (κ3) is 8.16. The number of cyclic esters (lactones) is 1. The first-order valence-corrected chi connectivity index (χ1v) is 12.5. The Morgan fingerprint density at radius 3 is 2.69 bits per heavy atom. The lowest BCUT2D eigenvalue weighted by Crippen LogP contribution is -2.37. The van der Waals surface area contributed by atoms with Crippen LogP contribution in [0.2, 0.25) is 0 Å². The monoisotopic (exact) mass is 484 g/mol. The minimum Gasteiger partial charge on any atom is -0.508 e. The minimum atomic E-state index is -0.647. The number of allylic oxidation sites excluding steroid dienone is 3. The Morgan fingerprint density at radius 1 is 1.14 bits per heavy atom. The molecule has 1 atom stereocenters. The Labute approximate surface area is 206 Å².